The Labute approximate surface area is 162 Å². The van der Waals surface area contributed by atoms with Crippen molar-refractivity contribution in [3.05, 3.63) is 71.6 Å². The Morgan fingerprint density at radius 3 is 2.86 bits per heavy atom. The number of nitrogens with one attached hydrogen (secondary N) is 1. The van der Waals surface area contributed by atoms with Gasteiger partial charge in [-0.15, -0.1) is 0 Å². The van der Waals surface area contributed by atoms with E-state index in [0.29, 0.717) is 18.8 Å². The van der Waals surface area contributed by atoms with Gasteiger partial charge in [-0.05, 0) is 36.8 Å². The maximum atomic E-state index is 13.5. The molecule has 0 saturated carbocycles. The summed E-state index contributed by atoms with van der Waals surface area (Å²) in [6.07, 6.45) is 0.418. The summed E-state index contributed by atoms with van der Waals surface area (Å²) in [6.45, 7) is 2.34. The van der Waals surface area contributed by atoms with Crippen molar-refractivity contribution >= 4 is 11.7 Å². The van der Waals surface area contributed by atoms with E-state index in [1.165, 1.54) is 17.0 Å². The van der Waals surface area contributed by atoms with Gasteiger partial charge in [0.1, 0.15) is 0 Å². The summed E-state index contributed by atoms with van der Waals surface area (Å²) >= 11 is 0. The summed E-state index contributed by atoms with van der Waals surface area (Å²) in [4.78, 5) is 18.0. The van der Waals surface area contributed by atoms with Crippen LogP contribution in [-0.2, 0) is 13.0 Å². The van der Waals surface area contributed by atoms with Crippen molar-refractivity contribution in [1.29, 1.82) is 0 Å². The van der Waals surface area contributed by atoms with Crippen LogP contribution >= 0.6 is 0 Å². The van der Waals surface area contributed by atoms with E-state index in [-0.39, 0.29) is 24.3 Å². The Kier molecular flexibility index (Phi) is 6.21. The van der Waals surface area contributed by atoms with Crippen molar-refractivity contribution in [3.63, 3.8) is 0 Å². The Morgan fingerprint density at radius 2 is 2.07 bits per heavy atom. The Bertz CT molecular complexity index is 944. The molecule has 0 aliphatic heterocycles. The fourth-order valence-corrected chi connectivity index (χ4v) is 2.46. The van der Waals surface area contributed by atoms with E-state index < -0.39 is 5.82 Å². The Hall–Kier alpha value is -3.42. The standard InChI is InChI=1S/C20H21FN4O3/c1-14-6-5-7-15(12-14)22-20(26)25(2)11-10-18-23-19(28-24-18)13-27-17-9-4-3-8-16(17)21/h3-9,12H,10-11,13H2,1-2H3,(H,22,26). The van der Waals surface area contributed by atoms with Gasteiger partial charge in [-0.1, -0.05) is 29.4 Å². The fourth-order valence-electron chi connectivity index (χ4n) is 2.46. The third kappa shape index (κ3) is 5.29. The molecule has 146 valence electrons. The van der Waals surface area contributed by atoms with Gasteiger partial charge in [-0.25, -0.2) is 9.18 Å². The van der Waals surface area contributed by atoms with Gasteiger partial charge in [0.2, 0.25) is 0 Å². The average molecular weight is 384 g/mol. The molecule has 2 aromatic carbocycles. The van der Waals surface area contributed by atoms with Crippen molar-refractivity contribution in [1.82, 2.24) is 15.0 Å². The summed E-state index contributed by atoms with van der Waals surface area (Å²) < 4.78 is 24.0. The minimum Gasteiger partial charge on any atom is -0.481 e. The molecule has 3 rings (SSSR count). The molecule has 0 saturated heterocycles. The van der Waals surface area contributed by atoms with Crippen LogP contribution in [0, 0.1) is 12.7 Å². The Morgan fingerprint density at radius 1 is 1.25 bits per heavy atom. The molecule has 0 aliphatic rings. The highest BCUT2D eigenvalue weighted by molar-refractivity contribution is 5.89. The van der Waals surface area contributed by atoms with Gasteiger partial charge in [0.15, 0.2) is 24.0 Å². The van der Waals surface area contributed by atoms with Crippen LogP contribution in [-0.4, -0.2) is 34.7 Å². The van der Waals surface area contributed by atoms with Crippen molar-refractivity contribution in [2.24, 2.45) is 0 Å². The largest absolute Gasteiger partial charge is 0.481 e. The van der Waals surface area contributed by atoms with Crippen LogP contribution in [0.1, 0.15) is 17.3 Å². The lowest BCUT2D eigenvalue weighted by molar-refractivity contribution is 0.222. The van der Waals surface area contributed by atoms with Gasteiger partial charge < -0.3 is 19.5 Å². The zero-order valence-corrected chi connectivity index (χ0v) is 15.7. The summed E-state index contributed by atoms with van der Waals surface area (Å²) in [5.41, 5.74) is 1.81. The van der Waals surface area contributed by atoms with Crippen molar-refractivity contribution in [2.75, 3.05) is 18.9 Å². The summed E-state index contributed by atoms with van der Waals surface area (Å²) in [5.74, 6) is 0.353. The number of halogens is 1. The smallest absolute Gasteiger partial charge is 0.321 e. The first kappa shape index (κ1) is 19.3. The van der Waals surface area contributed by atoms with Crippen LogP contribution in [0.2, 0.25) is 0 Å². The number of urea groups is 1. The summed E-state index contributed by atoms with van der Waals surface area (Å²) in [7, 11) is 1.69. The van der Waals surface area contributed by atoms with E-state index in [9.17, 15) is 9.18 Å². The first-order valence-corrected chi connectivity index (χ1v) is 8.79. The number of hydrogen-bond acceptors (Lipinski definition) is 5. The van der Waals surface area contributed by atoms with Gasteiger partial charge in [0, 0.05) is 25.7 Å². The normalized spacial score (nSPS) is 10.5. The second kappa shape index (κ2) is 8.98. The van der Waals surface area contributed by atoms with Gasteiger partial charge in [-0.3, -0.25) is 0 Å². The SMILES string of the molecule is Cc1cccc(NC(=O)N(C)CCc2noc(COc3ccccc3F)n2)c1. The number of hydrogen-bond donors (Lipinski definition) is 1. The lowest BCUT2D eigenvalue weighted by Crippen LogP contribution is -2.33. The van der Waals surface area contributed by atoms with Crippen molar-refractivity contribution in [2.45, 2.75) is 20.0 Å². The highest BCUT2D eigenvalue weighted by atomic mass is 19.1. The number of aromatic nitrogens is 2. The van der Waals surface area contributed by atoms with Crippen LogP contribution in [0.15, 0.2) is 53.1 Å². The molecule has 8 heteroatoms. The molecule has 0 spiro atoms. The zero-order valence-electron chi connectivity index (χ0n) is 15.7. The minimum absolute atomic E-state index is 0.0301. The van der Waals surface area contributed by atoms with Crippen molar-refractivity contribution in [3.8, 4) is 5.75 Å². The molecule has 0 atom stereocenters. The molecule has 0 fully saturated rings. The number of carbonyl (C=O) groups excluding carboxylic acids is 1. The van der Waals surface area contributed by atoms with Gasteiger partial charge in [0.05, 0.1) is 0 Å². The monoisotopic (exact) mass is 384 g/mol. The molecule has 28 heavy (non-hydrogen) atoms. The second-order valence-corrected chi connectivity index (χ2v) is 6.29. The zero-order chi connectivity index (χ0) is 19.9. The molecule has 1 aromatic heterocycles. The summed E-state index contributed by atoms with van der Waals surface area (Å²) in [5, 5.41) is 6.69. The quantitative estimate of drug-likeness (QED) is 0.670. The minimum atomic E-state index is -0.455. The van der Waals surface area contributed by atoms with Gasteiger partial charge >= 0.3 is 6.03 Å². The van der Waals surface area contributed by atoms with E-state index in [2.05, 4.69) is 15.5 Å². The lowest BCUT2D eigenvalue weighted by atomic mass is 10.2. The molecule has 1 N–H and O–H groups in total. The Balaban J connectivity index is 1.47. The van der Waals surface area contributed by atoms with Crippen LogP contribution in [0.4, 0.5) is 14.9 Å². The number of ether oxygens (including phenoxy) is 1. The molecular formula is C20H21FN4O3. The molecule has 0 bridgehead atoms. The third-order valence-corrected chi connectivity index (χ3v) is 3.98. The number of carbonyl (C=O) groups is 1. The molecular weight excluding hydrogens is 363 g/mol. The summed E-state index contributed by atoms with van der Waals surface area (Å²) in [6, 6.07) is 13.4. The number of amides is 2. The predicted octanol–water partition coefficient (Wildman–Crippen LogP) is 3.80. The molecule has 0 radical (unpaired) electrons. The van der Waals surface area contributed by atoms with E-state index >= 15 is 0 Å². The van der Waals surface area contributed by atoms with Gasteiger partial charge in [0.25, 0.3) is 5.89 Å². The fraction of sp³-hybridized carbons (Fsp3) is 0.250. The number of para-hydroxylation sites is 1. The second-order valence-electron chi connectivity index (χ2n) is 6.29. The van der Waals surface area contributed by atoms with Crippen molar-refractivity contribution < 1.29 is 18.4 Å². The number of aryl methyl sites for hydroxylation is 1. The molecule has 1 heterocycles. The number of benzene rings is 2. The molecule has 3 aromatic rings. The van der Waals surface area contributed by atoms with E-state index in [0.717, 1.165) is 11.3 Å². The molecule has 7 nitrogen and oxygen atoms in total. The average Bonchev–Trinajstić information content (AvgIpc) is 3.13. The van der Waals surface area contributed by atoms with Gasteiger partial charge in [-0.2, -0.15) is 4.98 Å². The number of likely N-dealkylation sites (N-methyl/N-ethyl adjacent to an activating group) is 1. The van der Waals surface area contributed by atoms with E-state index in [1.54, 1.807) is 19.2 Å². The first-order valence-electron chi connectivity index (χ1n) is 8.79. The number of rotatable bonds is 7. The van der Waals surface area contributed by atoms with Crippen LogP contribution < -0.4 is 10.1 Å². The topological polar surface area (TPSA) is 80.5 Å². The van der Waals surface area contributed by atoms with E-state index in [1.807, 2.05) is 31.2 Å². The maximum absolute atomic E-state index is 13.5. The predicted molar refractivity (Wildman–Crippen MR) is 102 cm³/mol. The number of anilines is 1. The lowest BCUT2D eigenvalue weighted by Gasteiger charge is -2.17. The first-order chi connectivity index (χ1) is 13.5. The molecule has 0 aliphatic carbocycles. The highest BCUT2D eigenvalue weighted by Crippen LogP contribution is 2.16. The third-order valence-electron chi connectivity index (χ3n) is 3.98. The van der Waals surface area contributed by atoms with Crippen LogP contribution in [0.5, 0.6) is 5.75 Å². The van der Waals surface area contributed by atoms with E-state index in [4.69, 9.17) is 9.26 Å². The highest BCUT2D eigenvalue weighted by Gasteiger charge is 2.13. The molecule has 0 unspecified atom stereocenters. The van der Waals surface area contributed by atoms with Crippen LogP contribution in [0.25, 0.3) is 0 Å². The number of nitrogens with zero attached hydrogens (tertiary/aromatic N) is 3. The maximum Gasteiger partial charge on any atom is 0.321 e. The van der Waals surface area contributed by atoms with Crippen LogP contribution in [0.3, 0.4) is 0 Å². The molecule has 2 amide bonds.